The molecule has 4 aliphatic rings. The summed E-state index contributed by atoms with van der Waals surface area (Å²) in [5.41, 5.74) is 0.815. The number of benzene rings is 1. The van der Waals surface area contributed by atoms with Crippen molar-refractivity contribution in [2.45, 2.75) is 50.3 Å². The molecule has 2 N–H and O–H groups in total. The van der Waals surface area contributed by atoms with E-state index in [0.717, 1.165) is 18.4 Å². The van der Waals surface area contributed by atoms with Gasteiger partial charge >= 0.3 is 12.1 Å². The lowest BCUT2D eigenvalue weighted by atomic mass is 9.85. The molecule has 3 fully saturated rings. The Bertz CT molecular complexity index is 1180. The molecule has 2 aliphatic heterocycles. The Hall–Kier alpha value is -3.69. The van der Waals surface area contributed by atoms with Crippen molar-refractivity contribution in [2.24, 2.45) is 5.92 Å². The van der Waals surface area contributed by atoms with Crippen LogP contribution in [-0.4, -0.2) is 65.4 Å². The highest BCUT2D eigenvalue weighted by molar-refractivity contribution is 6.03. The molecule has 190 valence electrons. The molecule has 0 radical (unpaired) electrons. The van der Waals surface area contributed by atoms with Crippen LogP contribution in [0.4, 0.5) is 14.0 Å². The van der Waals surface area contributed by atoms with Gasteiger partial charge in [0.2, 0.25) is 5.91 Å². The van der Waals surface area contributed by atoms with E-state index in [1.54, 1.807) is 23.1 Å². The Balaban J connectivity index is 1.31. The average Bonchev–Trinajstić information content (AvgIpc) is 3.51. The normalized spacial score (nSPS) is 29.1. The lowest BCUT2D eigenvalue weighted by Gasteiger charge is -2.30. The smallest absolute Gasteiger partial charge is 0.411 e. The van der Waals surface area contributed by atoms with Gasteiger partial charge in [0.25, 0.3) is 0 Å². The van der Waals surface area contributed by atoms with Crippen LogP contribution in [0.1, 0.15) is 44.2 Å². The number of halogens is 1. The molecule has 0 bridgehead atoms. The Morgan fingerprint density at radius 2 is 1.89 bits per heavy atom. The zero-order valence-corrected chi connectivity index (χ0v) is 20.3. The highest BCUT2D eigenvalue weighted by atomic mass is 19.1. The first-order chi connectivity index (χ1) is 17.2. The molecular formula is C26H29FN4O5. The number of amides is 4. The SMILES string of the molecule is CNC(=O)NC1=CC=C2C(CC[C@]23CN(CC(=O)N2[C@@H](C)CC[C@H]2c2ccc(F)cc2)C(=O)O3)C1=O. The van der Waals surface area contributed by atoms with Gasteiger partial charge < -0.3 is 20.3 Å². The van der Waals surface area contributed by atoms with Gasteiger partial charge in [-0.15, -0.1) is 0 Å². The van der Waals surface area contributed by atoms with Crippen LogP contribution in [0.2, 0.25) is 0 Å². The molecule has 1 aromatic rings. The first-order valence-electron chi connectivity index (χ1n) is 12.2. The maximum atomic E-state index is 13.4. The molecule has 10 heteroatoms. The maximum absolute atomic E-state index is 13.4. The molecule has 1 unspecified atom stereocenters. The van der Waals surface area contributed by atoms with Crippen LogP contribution in [-0.2, 0) is 14.3 Å². The number of ether oxygens (including phenoxy) is 1. The summed E-state index contributed by atoms with van der Waals surface area (Å²) in [6.07, 6.45) is 5.24. The van der Waals surface area contributed by atoms with Crippen LogP contribution in [0.5, 0.6) is 0 Å². The fourth-order valence-corrected chi connectivity index (χ4v) is 5.96. The van der Waals surface area contributed by atoms with E-state index < -0.39 is 23.6 Å². The minimum atomic E-state index is -0.959. The lowest BCUT2D eigenvalue weighted by Crippen LogP contribution is -2.44. The van der Waals surface area contributed by atoms with E-state index >= 15 is 0 Å². The van der Waals surface area contributed by atoms with Gasteiger partial charge in [0.15, 0.2) is 11.4 Å². The number of carbonyl (C=O) groups excluding carboxylic acids is 4. The van der Waals surface area contributed by atoms with Gasteiger partial charge in [-0.1, -0.05) is 18.2 Å². The monoisotopic (exact) mass is 496 g/mol. The molecule has 1 saturated carbocycles. The van der Waals surface area contributed by atoms with Gasteiger partial charge in [0.05, 0.1) is 18.3 Å². The zero-order valence-electron chi connectivity index (χ0n) is 20.3. The van der Waals surface area contributed by atoms with Crippen LogP contribution in [0, 0.1) is 11.7 Å². The second kappa shape index (κ2) is 9.07. The Labute approximate surface area is 208 Å². The molecule has 4 atom stereocenters. The van der Waals surface area contributed by atoms with Gasteiger partial charge in [-0.3, -0.25) is 14.5 Å². The molecule has 2 heterocycles. The number of hydrogen-bond acceptors (Lipinski definition) is 5. The molecular weight excluding hydrogens is 467 g/mol. The van der Waals surface area contributed by atoms with E-state index in [-0.39, 0.29) is 48.4 Å². The second-order valence-corrected chi connectivity index (χ2v) is 9.88. The van der Waals surface area contributed by atoms with E-state index in [0.29, 0.717) is 18.4 Å². The summed E-state index contributed by atoms with van der Waals surface area (Å²) in [4.78, 5) is 54.1. The summed E-state index contributed by atoms with van der Waals surface area (Å²) in [7, 11) is 1.47. The molecule has 0 aromatic heterocycles. The van der Waals surface area contributed by atoms with Crippen molar-refractivity contribution in [2.75, 3.05) is 20.1 Å². The molecule has 4 amide bonds. The predicted molar refractivity (Wildman–Crippen MR) is 127 cm³/mol. The number of Topliss-reactive ketones (excluding diaryl/α,β-unsaturated/α-hetero) is 1. The summed E-state index contributed by atoms with van der Waals surface area (Å²) in [5.74, 6) is -1.22. The summed E-state index contributed by atoms with van der Waals surface area (Å²) < 4.78 is 19.2. The third-order valence-corrected chi connectivity index (χ3v) is 7.75. The largest absolute Gasteiger partial charge is 0.436 e. The highest BCUT2D eigenvalue weighted by Crippen LogP contribution is 2.48. The number of ketones is 1. The van der Waals surface area contributed by atoms with Crippen molar-refractivity contribution >= 4 is 23.8 Å². The number of carbonyl (C=O) groups is 4. The Morgan fingerprint density at radius 3 is 2.61 bits per heavy atom. The summed E-state index contributed by atoms with van der Waals surface area (Å²) in [6.45, 7) is 2.03. The van der Waals surface area contributed by atoms with Crippen LogP contribution in [0.25, 0.3) is 0 Å². The predicted octanol–water partition coefficient (Wildman–Crippen LogP) is 2.80. The zero-order chi connectivity index (χ0) is 25.6. The average molecular weight is 497 g/mol. The van der Waals surface area contributed by atoms with Crippen molar-refractivity contribution in [1.82, 2.24) is 20.4 Å². The molecule has 1 spiro atoms. The molecule has 1 aromatic carbocycles. The minimum Gasteiger partial charge on any atom is -0.436 e. The standard InChI is InChI=1S/C26H29FN4O5/c1-15-3-10-21(16-4-6-17(27)7-5-16)31(15)22(32)13-30-14-26(36-25(30)35)12-11-18-19(26)8-9-20(23(18)33)29-24(34)28-2/h4-9,15,18,21H,3,10-14H2,1-2H3,(H2,28,29,34)/t15-,18?,21-,26-/m0/s1. The van der Waals surface area contributed by atoms with Crippen molar-refractivity contribution in [3.05, 3.63) is 59.1 Å². The van der Waals surface area contributed by atoms with Gasteiger partial charge in [0.1, 0.15) is 12.4 Å². The lowest BCUT2D eigenvalue weighted by molar-refractivity contribution is -0.134. The van der Waals surface area contributed by atoms with E-state index in [1.165, 1.54) is 30.2 Å². The topological polar surface area (TPSA) is 108 Å². The van der Waals surface area contributed by atoms with Crippen molar-refractivity contribution in [1.29, 1.82) is 0 Å². The molecule has 2 saturated heterocycles. The quantitative estimate of drug-likeness (QED) is 0.667. The van der Waals surface area contributed by atoms with Crippen LogP contribution in [0.15, 0.2) is 47.7 Å². The van der Waals surface area contributed by atoms with Crippen LogP contribution in [0.3, 0.4) is 0 Å². The first-order valence-corrected chi connectivity index (χ1v) is 12.2. The number of hydrogen-bond donors (Lipinski definition) is 2. The van der Waals surface area contributed by atoms with Crippen molar-refractivity contribution in [3.63, 3.8) is 0 Å². The fraction of sp³-hybridized carbons (Fsp3) is 0.462. The van der Waals surface area contributed by atoms with Crippen LogP contribution < -0.4 is 10.6 Å². The van der Waals surface area contributed by atoms with E-state index in [4.69, 9.17) is 4.74 Å². The second-order valence-electron chi connectivity index (χ2n) is 9.88. The van der Waals surface area contributed by atoms with Crippen molar-refractivity contribution < 1.29 is 28.3 Å². The fourth-order valence-electron chi connectivity index (χ4n) is 5.96. The number of nitrogens with one attached hydrogen (secondary N) is 2. The molecule has 36 heavy (non-hydrogen) atoms. The highest BCUT2D eigenvalue weighted by Gasteiger charge is 2.56. The number of likely N-dealkylation sites (tertiary alicyclic amines) is 1. The van der Waals surface area contributed by atoms with Crippen LogP contribution >= 0.6 is 0 Å². The van der Waals surface area contributed by atoms with Gasteiger partial charge in [-0.05, 0) is 62.0 Å². The van der Waals surface area contributed by atoms with Gasteiger partial charge in [-0.2, -0.15) is 0 Å². The maximum Gasteiger partial charge on any atom is 0.411 e. The van der Waals surface area contributed by atoms with E-state index in [2.05, 4.69) is 10.6 Å². The summed E-state index contributed by atoms with van der Waals surface area (Å²) >= 11 is 0. The number of allylic oxidation sites excluding steroid dienone is 3. The Morgan fingerprint density at radius 1 is 1.14 bits per heavy atom. The minimum absolute atomic E-state index is 0.00829. The number of rotatable bonds is 4. The molecule has 5 rings (SSSR count). The van der Waals surface area contributed by atoms with E-state index in [1.807, 2.05) is 6.92 Å². The first kappa shape index (κ1) is 24.0. The van der Waals surface area contributed by atoms with E-state index in [9.17, 15) is 23.6 Å². The summed E-state index contributed by atoms with van der Waals surface area (Å²) in [5, 5.41) is 4.96. The van der Waals surface area contributed by atoms with Crippen molar-refractivity contribution in [3.8, 4) is 0 Å². The summed E-state index contributed by atoms with van der Waals surface area (Å²) in [6, 6.07) is 5.51. The van der Waals surface area contributed by atoms with Gasteiger partial charge in [0, 0.05) is 19.0 Å². The number of nitrogens with zero attached hydrogens (tertiary/aromatic N) is 2. The number of fused-ring (bicyclic) bond motifs is 2. The number of urea groups is 1. The Kier molecular flexibility index (Phi) is 6.05. The third kappa shape index (κ3) is 4.04. The molecule has 2 aliphatic carbocycles. The molecule has 9 nitrogen and oxygen atoms in total. The third-order valence-electron chi connectivity index (χ3n) is 7.75. The van der Waals surface area contributed by atoms with Gasteiger partial charge in [-0.25, -0.2) is 14.0 Å².